The third kappa shape index (κ3) is 4.27. The van der Waals surface area contributed by atoms with Crippen LogP contribution in [-0.4, -0.2) is 39.3 Å². The van der Waals surface area contributed by atoms with Gasteiger partial charge in [0.1, 0.15) is 10.7 Å². The van der Waals surface area contributed by atoms with Gasteiger partial charge in [0.05, 0.1) is 5.92 Å². The summed E-state index contributed by atoms with van der Waals surface area (Å²) < 4.78 is 45.9. The number of carbonyl (C=O) groups is 1. The van der Waals surface area contributed by atoms with Crippen molar-refractivity contribution in [2.45, 2.75) is 24.7 Å². The molecule has 23 heavy (non-hydrogen) atoms. The number of rotatable bonds is 6. The molecule has 0 aliphatic carbocycles. The summed E-state index contributed by atoms with van der Waals surface area (Å²) in [5.74, 6) is -2.91. The molecule has 1 aliphatic rings. The van der Waals surface area contributed by atoms with Crippen molar-refractivity contribution in [3.8, 4) is 0 Å². The van der Waals surface area contributed by atoms with Crippen LogP contribution in [0.4, 0.5) is 4.39 Å². The fourth-order valence-corrected chi connectivity index (χ4v) is 3.89. The Bertz CT molecular complexity index is 670. The minimum Gasteiger partial charge on any atom is -0.481 e. The number of aliphatic carboxylic acids is 1. The van der Waals surface area contributed by atoms with Gasteiger partial charge in [0, 0.05) is 19.8 Å². The molecule has 0 bridgehead atoms. The predicted octanol–water partition coefficient (Wildman–Crippen LogP) is 1.54. The molecule has 1 saturated heterocycles. The molecule has 1 fully saturated rings. The molecule has 8 heteroatoms. The highest BCUT2D eigenvalue weighted by molar-refractivity contribution is 7.89. The zero-order valence-corrected chi connectivity index (χ0v) is 13.6. The maximum atomic E-state index is 14.0. The molecule has 0 aromatic heterocycles. The molecule has 2 rings (SSSR count). The van der Waals surface area contributed by atoms with E-state index in [4.69, 9.17) is 4.74 Å². The van der Waals surface area contributed by atoms with E-state index in [0.717, 1.165) is 6.07 Å². The van der Waals surface area contributed by atoms with E-state index in [1.807, 2.05) is 0 Å². The van der Waals surface area contributed by atoms with E-state index in [2.05, 4.69) is 4.72 Å². The Hall–Kier alpha value is -1.51. The summed E-state index contributed by atoms with van der Waals surface area (Å²) in [5, 5.41) is 9.34. The van der Waals surface area contributed by atoms with Crippen LogP contribution in [0.3, 0.4) is 0 Å². The molecule has 1 atom stereocenters. The van der Waals surface area contributed by atoms with Crippen LogP contribution >= 0.6 is 0 Å². The van der Waals surface area contributed by atoms with E-state index >= 15 is 0 Å². The van der Waals surface area contributed by atoms with E-state index < -0.39 is 32.6 Å². The Balaban J connectivity index is 2.13. The number of nitrogens with one attached hydrogen (secondary N) is 1. The molecular formula is C15H20FNO5S. The Morgan fingerprint density at radius 2 is 2.09 bits per heavy atom. The number of sulfonamides is 1. The van der Waals surface area contributed by atoms with Crippen molar-refractivity contribution in [3.05, 3.63) is 29.6 Å². The minimum atomic E-state index is -4.10. The first-order valence-corrected chi connectivity index (χ1v) is 8.86. The van der Waals surface area contributed by atoms with E-state index in [-0.39, 0.29) is 18.0 Å². The third-order valence-electron chi connectivity index (χ3n) is 4.09. The average molecular weight is 345 g/mol. The number of aryl methyl sites for hydroxylation is 1. The molecule has 1 aromatic rings. The lowest BCUT2D eigenvalue weighted by molar-refractivity contribution is -0.144. The van der Waals surface area contributed by atoms with Gasteiger partial charge >= 0.3 is 5.97 Å². The first kappa shape index (κ1) is 17.8. The first-order valence-electron chi connectivity index (χ1n) is 7.38. The second-order valence-corrected chi connectivity index (χ2v) is 7.37. The largest absolute Gasteiger partial charge is 0.481 e. The zero-order chi connectivity index (χ0) is 17.0. The smallest absolute Gasteiger partial charge is 0.308 e. The molecule has 6 nitrogen and oxygen atoms in total. The van der Waals surface area contributed by atoms with Gasteiger partial charge in [0.2, 0.25) is 10.0 Å². The van der Waals surface area contributed by atoms with Crippen LogP contribution in [0.25, 0.3) is 0 Å². The molecular weight excluding hydrogens is 325 g/mol. The van der Waals surface area contributed by atoms with Crippen molar-refractivity contribution in [3.63, 3.8) is 0 Å². The molecule has 0 saturated carbocycles. The van der Waals surface area contributed by atoms with Crippen molar-refractivity contribution in [2.75, 3.05) is 19.8 Å². The number of ether oxygens (including phenoxy) is 1. The van der Waals surface area contributed by atoms with Crippen LogP contribution in [0.5, 0.6) is 0 Å². The van der Waals surface area contributed by atoms with Gasteiger partial charge in [0.15, 0.2) is 0 Å². The van der Waals surface area contributed by atoms with Crippen molar-refractivity contribution in [1.82, 2.24) is 4.72 Å². The Morgan fingerprint density at radius 3 is 2.70 bits per heavy atom. The molecule has 128 valence electrons. The number of carboxylic acids is 1. The minimum absolute atomic E-state index is 0.161. The summed E-state index contributed by atoms with van der Waals surface area (Å²) in [6.07, 6.45) is 1.13. The van der Waals surface area contributed by atoms with Crippen molar-refractivity contribution in [1.29, 1.82) is 0 Å². The second-order valence-electron chi connectivity index (χ2n) is 5.63. The van der Waals surface area contributed by atoms with Gasteiger partial charge in [-0.1, -0.05) is 12.1 Å². The molecule has 0 amide bonds. The maximum Gasteiger partial charge on any atom is 0.308 e. The Labute approximate surface area is 134 Å². The number of halogens is 1. The molecule has 1 unspecified atom stereocenters. The van der Waals surface area contributed by atoms with Gasteiger partial charge in [-0.3, -0.25) is 4.79 Å². The molecule has 0 radical (unpaired) electrons. The lowest BCUT2D eigenvalue weighted by atomic mass is 9.86. The van der Waals surface area contributed by atoms with Crippen molar-refractivity contribution >= 4 is 16.0 Å². The topological polar surface area (TPSA) is 92.7 Å². The van der Waals surface area contributed by atoms with Crippen LogP contribution in [0.15, 0.2) is 23.1 Å². The van der Waals surface area contributed by atoms with Crippen molar-refractivity contribution in [2.24, 2.45) is 11.8 Å². The number of hydrogen-bond donors (Lipinski definition) is 2. The summed E-state index contributed by atoms with van der Waals surface area (Å²) in [6.45, 7) is 2.13. The third-order valence-corrected chi connectivity index (χ3v) is 5.53. The number of benzene rings is 1. The fraction of sp³-hybridized carbons (Fsp3) is 0.533. The Morgan fingerprint density at radius 1 is 1.43 bits per heavy atom. The monoisotopic (exact) mass is 345 g/mol. The van der Waals surface area contributed by atoms with Gasteiger partial charge in [-0.05, 0) is 37.3 Å². The van der Waals surface area contributed by atoms with Crippen molar-refractivity contribution < 1.29 is 27.4 Å². The van der Waals surface area contributed by atoms with Gasteiger partial charge in [-0.25, -0.2) is 17.5 Å². The van der Waals surface area contributed by atoms with E-state index in [1.54, 1.807) is 0 Å². The van der Waals surface area contributed by atoms with Crippen LogP contribution in [0.2, 0.25) is 0 Å². The quantitative estimate of drug-likeness (QED) is 0.816. The second kappa shape index (κ2) is 7.37. The molecule has 1 aliphatic heterocycles. The summed E-state index contributed by atoms with van der Waals surface area (Å²) in [4.78, 5) is 11.0. The highest BCUT2D eigenvalue weighted by Crippen LogP contribution is 2.24. The van der Waals surface area contributed by atoms with Crippen LogP contribution in [-0.2, 0) is 19.6 Å². The molecule has 2 N–H and O–H groups in total. The van der Waals surface area contributed by atoms with Crippen LogP contribution in [0.1, 0.15) is 18.4 Å². The zero-order valence-electron chi connectivity index (χ0n) is 12.8. The highest BCUT2D eigenvalue weighted by atomic mass is 32.2. The summed E-state index contributed by atoms with van der Waals surface area (Å²) >= 11 is 0. The van der Waals surface area contributed by atoms with Gasteiger partial charge in [-0.15, -0.1) is 0 Å². The fourth-order valence-electron chi connectivity index (χ4n) is 2.68. The summed E-state index contributed by atoms with van der Waals surface area (Å²) in [6, 6.07) is 4.07. The molecule has 0 spiro atoms. The normalized spacial score (nSPS) is 17.8. The average Bonchev–Trinajstić information content (AvgIpc) is 2.50. The van der Waals surface area contributed by atoms with Crippen LogP contribution < -0.4 is 4.72 Å². The van der Waals surface area contributed by atoms with Gasteiger partial charge in [0.25, 0.3) is 0 Å². The van der Waals surface area contributed by atoms with Gasteiger partial charge < -0.3 is 9.84 Å². The van der Waals surface area contributed by atoms with Crippen LogP contribution in [0, 0.1) is 24.6 Å². The van der Waals surface area contributed by atoms with E-state index in [0.29, 0.717) is 26.1 Å². The standard InChI is InChI=1S/C15H20FNO5S/c1-10-3-2-4-13(14(10)16)23(20,21)17-9-12(15(18)19)11-5-7-22-8-6-11/h2-4,11-12,17H,5-9H2,1H3,(H,18,19). The maximum absolute atomic E-state index is 14.0. The SMILES string of the molecule is Cc1cccc(S(=O)(=O)NCC(C(=O)O)C2CCOCC2)c1F. The number of carboxylic acid groups (broad SMARTS) is 1. The highest BCUT2D eigenvalue weighted by Gasteiger charge is 2.31. The Kier molecular flexibility index (Phi) is 5.72. The first-order chi connectivity index (χ1) is 10.8. The summed E-state index contributed by atoms with van der Waals surface area (Å²) in [5.41, 5.74) is 0.215. The molecule has 1 heterocycles. The van der Waals surface area contributed by atoms with E-state index in [9.17, 15) is 22.7 Å². The molecule has 1 aromatic carbocycles. The lowest BCUT2D eigenvalue weighted by Gasteiger charge is -2.27. The van der Waals surface area contributed by atoms with Gasteiger partial charge in [-0.2, -0.15) is 0 Å². The lowest BCUT2D eigenvalue weighted by Crippen LogP contribution is -2.39. The number of hydrogen-bond acceptors (Lipinski definition) is 4. The summed E-state index contributed by atoms with van der Waals surface area (Å²) in [7, 11) is -4.10. The van der Waals surface area contributed by atoms with E-state index in [1.165, 1.54) is 19.1 Å². The predicted molar refractivity (Wildman–Crippen MR) is 81.0 cm³/mol.